The van der Waals surface area contributed by atoms with Gasteiger partial charge in [-0.3, -0.25) is 28.9 Å². The van der Waals surface area contributed by atoms with Crippen molar-refractivity contribution < 1.29 is 53.5 Å². The molecule has 0 spiro atoms. The molecular weight excluding hydrogens is 829 g/mol. The first-order chi connectivity index (χ1) is 28.6. The molecule has 2 aromatic heterocycles. The van der Waals surface area contributed by atoms with E-state index in [0.717, 1.165) is 31.6 Å². The molecule has 310 valence electrons. The van der Waals surface area contributed by atoms with Crippen molar-refractivity contribution >= 4 is 40.5 Å². The number of halogens is 1. The van der Waals surface area contributed by atoms with Crippen molar-refractivity contribution in [2.75, 3.05) is 0 Å². The largest absolute Gasteiger partial charge is 1.00 e. The Hall–Kier alpha value is -7.89. The summed E-state index contributed by atoms with van der Waals surface area (Å²) in [5.41, 5.74) is 34.9. The number of aromatic nitrogens is 6. The number of amides is 2. The monoisotopic (exact) mass is 865 g/mol. The molecule has 0 saturated carbocycles. The number of hydrogen-bond donors (Lipinski definition) is 0. The van der Waals surface area contributed by atoms with Gasteiger partial charge in [-0.15, -0.1) is 23.0 Å². The molecule has 0 aliphatic heterocycles. The predicted molar refractivity (Wildman–Crippen MR) is 231 cm³/mol. The second-order valence-electron chi connectivity index (χ2n) is 11.4. The van der Waals surface area contributed by atoms with Crippen molar-refractivity contribution in [3.63, 3.8) is 0 Å². The SMILES string of the molecule is C#Cc1ccc(C#C)cc1.C=C(C)C(=O)Cl.C=C(C)C(=O)N=[N+]=[N-].C=C(C)C(=O)N=[N+]=[N-].C=C(C)C(=O)n1cc(-c2ccc(-c3cn(C(=O)C(=C)C)nn3)cc2)nn1.[N-]=[N+]=[N-].[Na+]. The van der Waals surface area contributed by atoms with E-state index in [4.69, 9.17) is 46.6 Å². The van der Waals surface area contributed by atoms with Crippen molar-refractivity contribution in [3.8, 4) is 47.2 Å². The first-order valence-corrected chi connectivity index (χ1v) is 16.8. The molecule has 0 fully saturated rings. The zero-order chi connectivity index (χ0) is 47.2. The van der Waals surface area contributed by atoms with Gasteiger partial charge in [-0.2, -0.15) is 9.36 Å². The molecule has 22 heteroatoms. The third-order valence-electron chi connectivity index (χ3n) is 6.16. The van der Waals surface area contributed by atoms with Gasteiger partial charge in [-0.05, 0) is 103 Å². The Balaban J connectivity index is -0.000000798. The van der Waals surface area contributed by atoms with Crippen molar-refractivity contribution in [1.82, 2.24) is 30.0 Å². The first kappa shape index (κ1) is 58.4. The van der Waals surface area contributed by atoms with Crippen molar-refractivity contribution in [3.05, 3.63) is 170 Å². The summed E-state index contributed by atoms with van der Waals surface area (Å²) in [6, 6.07) is 14.6. The summed E-state index contributed by atoms with van der Waals surface area (Å²) in [6.45, 7) is 24.8. The predicted octanol–water partition coefficient (Wildman–Crippen LogP) is 6.28. The van der Waals surface area contributed by atoms with Crippen LogP contribution in [0.3, 0.4) is 0 Å². The van der Waals surface area contributed by atoms with Crippen LogP contribution in [0.1, 0.15) is 55.3 Å². The minimum Gasteiger partial charge on any atom is -0.373 e. The molecule has 4 rings (SSSR count). The number of carbonyl (C=O) groups is 5. The normalized spacial score (nSPS) is 8.39. The molecule has 0 aliphatic carbocycles. The van der Waals surface area contributed by atoms with E-state index in [9.17, 15) is 24.0 Å². The smallest absolute Gasteiger partial charge is 0.373 e. The Bertz CT molecular complexity index is 2350. The second kappa shape index (κ2) is 32.0. The Morgan fingerprint density at radius 1 is 0.597 bits per heavy atom. The molecule has 20 nitrogen and oxygen atoms in total. The number of rotatable bonds is 7. The van der Waals surface area contributed by atoms with Crippen molar-refractivity contribution in [2.45, 2.75) is 34.6 Å². The topological polar surface area (TPSA) is 303 Å². The third kappa shape index (κ3) is 23.5. The van der Waals surface area contributed by atoms with Gasteiger partial charge in [-0.1, -0.05) is 79.4 Å². The summed E-state index contributed by atoms with van der Waals surface area (Å²) >= 11 is 4.87. The quantitative estimate of drug-likeness (QED) is 0.0383. The Morgan fingerprint density at radius 2 is 0.871 bits per heavy atom. The van der Waals surface area contributed by atoms with E-state index in [1.54, 1.807) is 33.2 Å². The Kier molecular flexibility index (Phi) is 30.2. The number of carbonyl (C=O) groups excluding carboxylic acids is 5. The summed E-state index contributed by atoms with van der Waals surface area (Å²) in [7, 11) is 0. The van der Waals surface area contributed by atoms with Gasteiger partial charge in [0.15, 0.2) is 0 Å². The maximum Gasteiger partial charge on any atom is 1.00 e. The fourth-order valence-corrected chi connectivity index (χ4v) is 3.11. The minimum absolute atomic E-state index is 0. The van der Waals surface area contributed by atoms with Crippen molar-refractivity contribution in [2.24, 2.45) is 10.2 Å². The summed E-state index contributed by atoms with van der Waals surface area (Å²) in [6.07, 6.45) is 13.4. The first-order valence-electron chi connectivity index (χ1n) is 16.4. The maximum atomic E-state index is 11.8. The van der Waals surface area contributed by atoms with Gasteiger partial charge in [0.2, 0.25) is 17.1 Å². The van der Waals surface area contributed by atoms with E-state index in [0.29, 0.717) is 28.1 Å². The molecule has 0 aliphatic rings. The van der Waals surface area contributed by atoms with Crippen LogP contribution in [0.2, 0.25) is 0 Å². The fraction of sp³-hybridized carbons (Fsp3) is 0.125. The van der Waals surface area contributed by atoms with Crippen LogP contribution in [0.15, 0.2) is 132 Å². The summed E-state index contributed by atoms with van der Waals surface area (Å²) in [5.74, 6) is 3.20. The van der Waals surface area contributed by atoms with Gasteiger partial charge in [0, 0.05) is 48.8 Å². The van der Waals surface area contributed by atoms with Gasteiger partial charge in [0.1, 0.15) is 11.4 Å². The van der Waals surface area contributed by atoms with Crippen LogP contribution in [0, 0.1) is 24.7 Å². The van der Waals surface area contributed by atoms with Crippen LogP contribution in [-0.4, -0.2) is 58.9 Å². The number of terminal acetylenes is 2. The molecule has 0 unspecified atom stereocenters. The van der Waals surface area contributed by atoms with E-state index < -0.39 is 17.1 Å². The minimum atomic E-state index is -0.604. The van der Waals surface area contributed by atoms with E-state index in [1.807, 2.05) is 48.5 Å². The molecule has 0 radical (unpaired) electrons. The molecular formula is C40H37ClN15NaO5. The van der Waals surface area contributed by atoms with Crippen LogP contribution in [-0.2, 0) is 14.4 Å². The van der Waals surface area contributed by atoms with Gasteiger partial charge in [-0.25, -0.2) is 0 Å². The Labute approximate surface area is 383 Å². The van der Waals surface area contributed by atoms with E-state index in [2.05, 4.69) is 85.4 Å². The van der Waals surface area contributed by atoms with Crippen LogP contribution < -0.4 is 29.6 Å². The molecule has 0 saturated heterocycles. The van der Waals surface area contributed by atoms with Gasteiger partial charge < -0.3 is 11.1 Å². The molecule has 2 heterocycles. The van der Waals surface area contributed by atoms with E-state index >= 15 is 0 Å². The zero-order valence-corrected chi connectivity index (χ0v) is 37.3. The van der Waals surface area contributed by atoms with Crippen LogP contribution in [0.5, 0.6) is 0 Å². The van der Waals surface area contributed by atoms with E-state index in [1.165, 1.54) is 18.8 Å². The van der Waals surface area contributed by atoms with Crippen LogP contribution in [0.4, 0.5) is 0 Å². The molecule has 0 bridgehead atoms. The standard InChI is InChI=1S/C18H16N6O2.C10H6.C4H5ClO.2C4H5N3O.N3.Na/c1-11(2)17(25)23-9-15(19-21-23)13-5-7-14(8-6-13)16-10-24(22-20-16)18(26)12(3)4;1-3-9-5-7-10(4-2)8-6-9;1-3(2)4(5)6;2*1-3(2)4(8)6-7-5;1-3-2;/h5-10H,1,3H2,2,4H3;1-2,5-8H;1H2,2H3;2*1H2,2H3;;/q;;;;;-1;+1. The average molecular weight is 866 g/mol. The third-order valence-corrected chi connectivity index (χ3v) is 6.49. The van der Waals surface area contributed by atoms with Crippen molar-refractivity contribution in [1.29, 1.82) is 0 Å². The van der Waals surface area contributed by atoms with Gasteiger partial charge in [0.25, 0.3) is 11.8 Å². The molecule has 2 amide bonds. The van der Waals surface area contributed by atoms with Gasteiger partial charge >= 0.3 is 29.6 Å². The average Bonchev–Trinajstić information content (AvgIpc) is 3.93. The van der Waals surface area contributed by atoms with E-state index in [-0.39, 0.29) is 52.5 Å². The summed E-state index contributed by atoms with van der Waals surface area (Å²) in [5, 5.41) is 20.7. The summed E-state index contributed by atoms with van der Waals surface area (Å²) in [4.78, 5) is 60.0. The van der Waals surface area contributed by atoms with Crippen LogP contribution in [0.25, 0.3) is 59.4 Å². The second-order valence-corrected chi connectivity index (χ2v) is 11.7. The molecule has 62 heavy (non-hydrogen) atoms. The fourth-order valence-electron chi connectivity index (χ4n) is 3.11. The zero-order valence-electron chi connectivity index (χ0n) is 34.6. The Morgan fingerprint density at radius 3 is 1.05 bits per heavy atom. The number of hydrogen-bond acceptors (Lipinski definition) is 9. The molecule has 2 aromatic carbocycles. The molecule has 4 aromatic rings. The van der Waals surface area contributed by atoms with Crippen LogP contribution >= 0.6 is 11.6 Å². The number of azide groups is 2. The maximum absolute atomic E-state index is 11.8. The summed E-state index contributed by atoms with van der Waals surface area (Å²) < 4.78 is 2.31. The van der Waals surface area contributed by atoms with Gasteiger partial charge in [0.05, 0.1) is 12.4 Å². The number of allylic oxidation sites excluding steroid dienone is 3. The number of benzene rings is 2. The molecule has 0 N–H and O–H groups in total. The number of nitrogens with zero attached hydrogens (tertiary/aromatic N) is 15. The molecule has 0 atom stereocenters.